The van der Waals surface area contributed by atoms with Crippen LogP contribution in [0.2, 0.25) is 0 Å². The first kappa shape index (κ1) is 8.52. The average molecular weight is 170 g/mol. The van der Waals surface area contributed by atoms with E-state index >= 15 is 0 Å². The number of hydrogen-bond acceptors (Lipinski definition) is 2. The van der Waals surface area contributed by atoms with E-state index in [2.05, 4.69) is 6.92 Å². The molecule has 2 heteroatoms. The molecule has 1 aliphatic carbocycles. The third kappa shape index (κ3) is 1.27. The fourth-order valence-corrected chi connectivity index (χ4v) is 2.29. The van der Waals surface area contributed by atoms with Crippen molar-refractivity contribution in [3.63, 3.8) is 0 Å². The molecule has 1 saturated carbocycles. The van der Waals surface area contributed by atoms with Crippen LogP contribution in [0.1, 0.15) is 40.0 Å². The molecule has 0 aromatic rings. The molecule has 1 saturated heterocycles. The van der Waals surface area contributed by atoms with E-state index in [1.165, 1.54) is 0 Å². The van der Waals surface area contributed by atoms with Crippen LogP contribution in [0.25, 0.3) is 0 Å². The molecule has 3 atom stereocenters. The van der Waals surface area contributed by atoms with Gasteiger partial charge in [0.05, 0.1) is 17.3 Å². The minimum atomic E-state index is -0.521. The molecule has 0 amide bonds. The molecule has 2 rings (SSSR count). The van der Waals surface area contributed by atoms with Gasteiger partial charge >= 0.3 is 0 Å². The number of fused-ring (bicyclic) bond motifs is 1. The molecule has 2 fully saturated rings. The summed E-state index contributed by atoms with van der Waals surface area (Å²) in [5.74, 6) is 0.429. The molecule has 2 nitrogen and oxygen atoms in total. The summed E-state index contributed by atoms with van der Waals surface area (Å²) < 4.78 is 5.58. The van der Waals surface area contributed by atoms with Crippen LogP contribution < -0.4 is 0 Å². The minimum Gasteiger partial charge on any atom is -0.390 e. The molecular formula is C10H18O2. The largest absolute Gasteiger partial charge is 0.390 e. The molecule has 1 aliphatic heterocycles. The summed E-state index contributed by atoms with van der Waals surface area (Å²) >= 11 is 0. The van der Waals surface area contributed by atoms with Gasteiger partial charge in [0, 0.05) is 0 Å². The zero-order chi connectivity index (χ0) is 8.98. The Morgan fingerprint density at radius 1 is 1.50 bits per heavy atom. The first-order valence-electron chi connectivity index (χ1n) is 4.82. The lowest BCUT2D eigenvalue weighted by Gasteiger charge is -2.32. The van der Waals surface area contributed by atoms with E-state index in [0.717, 1.165) is 19.3 Å². The van der Waals surface area contributed by atoms with Gasteiger partial charge in [-0.15, -0.1) is 0 Å². The third-order valence-corrected chi connectivity index (χ3v) is 3.52. The molecule has 0 spiro atoms. The van der Waals surface area contributed by atoms with E-state index in [-0.39, 0.29) is 5.60 Å². The van der Waals surface area contributed by atoms with E-state index in [0.29, 0.717) is 12.0 Å². The quantitative estimate of drug-likeness (QED) is 0.608. The van der Waals surface area contributed by atoms with Crippen molar-refractivity contribution < 1.29 is 9.84 Å². The Morgan fingerprint density at radius 2 is 2.17 bits per heavy atom. The fraction of sp³-hybridized carbons (Fsp3) is 1.00. The second-order valence-electron chi connectivity index (χ2n) is 5.04. The van der Waals surface area contributed by atoms with Gasteiger partial charge in [0.2, 0.25) is 0 Å². The molecule has 0 radical (unpaired) electrons. The normalized spacial score (nSPS) is 47.0. The first-order chi connectivity index (χ1) is 5.42. The van der Waals surface area contributed by atoms with Crippen molar-refractivity contribution in [2.24, 2.45) is 5.92 Å². The maximum atomic E-state index is 9.81. The number of rotatable bonds is 1. The second-order valence-corrected chi connectivity index (χ2v) is 5.04. The van der Waals surface area contributed by atoms with E-state index in [1.54, 1.807) is 0 Å². The zero-order valence-corrected chi connectivity index (χ0v) is 8.13. The molecule has 0 unspecified atom stereocenters. The molecule has 2 aliphatic rings. The van der Waals surface area contributed by atoms with Crippen LogP contribution in [-0.4, -0.2) is 22.4 Å². The van der Waals surface area contributed by atoms with Gasteiger partial charge in [-0.3, -0.25) is 0 Å². The Morgan fingerprint density at radius 3 is 2.67 bits per heavy atom. The Bertz CT molecular complexity index is 195. The van der Waals surface area contributed by atoms with Crippen LogP contribution >= 0.6 is 0 Å². The van der Waals surface area contributed by atoms with Crippen molar-refractivity contribution in [1.82, 2.24) is 0 Å². The van der Waals surface area contributed by atoms with Crippen molar-refractivity contribution in [3.05, 3.63) is 0 Å². The van der Waals surface area contributed by atoms with Crippen molar-refractivity contribution in [1.29, 1.82) is 0 Å². The van der Waals surface area contributed by atoms with Gasteiger partial charge in [-0.05, 0) is 46.0 Å². The number of aliphatic hydroxyl groups is 1. The Labute approximate surface area is 73.9 Å². The lowest BCUT2D eigenvalue weighted by Crippen LogP contribution is -2.36. The number of ether oxygens (including phenoxy) is 1. The van der Waals surface area contributed by atoms with Gasteiger partial charge in [0.25, 0.3) is 0 Å². The highest BCUT2D eigenvalue weighted by Crippen LogP contribution is 2.51. The molecule has 70 valence electrons. The molecule has 1 heterocycles. The van der Waals surface area contributed by atoms with Crippen LogP contribution in [-0.2, 0) is 4.74 Å². The van der Waals surface area contributed by atoms with Gasteiger partial charge in [-0.2, -0.15) is 0 Å². The highest BCUT2D eigenvalue weighted by molar-refractivity contribution is 5.05. The van der Waals surface area contributed by atoms with Gasteiger partial charge in [0.1, 0.15) is 0 Å². The average Bonchev–Trinajstić information content (AvgIpc) is 2.56. The Hall–Kier alpha value is -0.0800. The first-order valence-corrected chi connectivity index (χ1v) is 4.82. The predicted octanol–water partition coefficient (Wildman–Crippen LogP) is 1.71. The Balaban J connectivity index is 1.98. The number of epoxide rings is 1. The SMILES string of the molecule is CC(C)(O)[C@@H]1CC[C@@]2(C)O[C@H]2C1. The summed E-state index contributed by atoms with van der Waals surface area (Å²) in [7, 11) is 0. The van der Waals surface area contributed by atoms with Gasteiger partial charge in [-0.1, -0.05) is 0 Å². The minimum absolute atomic E-state index is 0.182. The maximum absolute atomic E-state index is 9.81. The molecule has 0 bridgehead atoms. The van der Waals surface area contributed by atoms with Crippen molar-refractivity contribution >= 4 is 0 Å². The van der Waals surface area contributed by atoms with Gasteiger partial charge in [0.15, 0.2) is 0 Å². The van der Waals surface area contributed by atoms with E-state index in [9.17, 15) is 5.11 Å². The van der Waals surface area contributed by atoms with Crippen LogP contribution in [0.15, 0.2) is 0 Å². The van der Waals surface area contributed by atoms with Crippen LogP contribution in [0.4, 0.5) is 0 Å². The van der Waals surface area contributed by atoms with Crippen LogP contribution in [0.5, 0.6) is 0 Å². The summed E-state index contributed by atoms with van der Waals surface area (Å²) in [6, 6.07) is 0. The summed E-state index contributed by atoms with van der Waals surface area (Å²) in [5.41, 5.74) is -0.338. The topological polar surface area (TPSA) is 32.8 Å². The monoisotopic (exact) mass is 170 g/mol. The fourth-order valence-electron chi connectivity index (χ4n) is 2.29. The smallest absolute Gasteiger partial charge is 0.0920 e. The van der Waals surface area contributed by atoms with Crippen LogP contribution in [0.3, 0.4) is 0 Å². The van der Waals surface area contributed by atoms with E-state index < -0.39 is 5.60 Å². The van der Waals surface area contributed by atoms with E-state index in [1.807, 2.05) is 13.8 Å². The molecule has 0 aromatic heterocycles. The summed E-state index contributed by atoms with van der Waals surface area (Å²) in [6.07, 6.45) is 3.70. The second kappa shape index (κ2) is 2.24. The molecular weight excluding hydrogens is 152 g/mol. The summed E-state index contributed by atoms with van der Waals surface area (Å²) in [6.45, 7) is 5.99. The van der Waals surface area contributed by atoms with Crippen molar-refractivity contribution in [2.45, 2.75) is 57.3 Å². The molecule has 1 N–H and O–H groups in total. The lowest BCUT2D eigenvalue weighted by molar-refractivity contribution is 0.00186. The van der Waals surface area contributed by atoms with Crippen LogP contribution in [0, 0.1) is 5.92 Å². The maximum Gasteiger partial charge on any atom is 0.0920 e. The zero-order valence-electron chi connectivity index (χ0n) is 8.13. The highest BCUT2D eigenvalue weighted by Gasteiger charge is 2.56. The molecule has 0 aromatic carbocycles. The standard InChI is InChI=1S/C10H18O2/c1-9(2,11)7-4-5-10(3)8(6-7)12-10/h7-8,11H,4-6H2,1-3H3/t7-,8+,10-/m1/s1. The van der Waals surface area contributed by atoms with Crippen molar-refractivity contribution in [2.75, 3.05) is 0 Å². The lowest BCUT2D eigenvalue weighted by atomic mass is 9.75. The number of hydrogen-bond donors (Lipinski definition) is 1. The van der Waals surface area contributed by atoms with Crippen molar-refractivity contribution in [3.8, 4) is 0 Å². The predicted molar refractivity (Wildman–Crippen MR) is 46.9 cm³/mol. The Kier molecular flexibility index (Phi) is 1.59. The highest BCUT2D eigenvalue weighted by atomic mass is 16.6. The summed E-state index contributed by atoms with van der Waals surface area (Å²) in [4.78, 5) is 0. The van der Waals surface area contributed by atoms with E-state index in [4.69, 9.17) is 4.74 Å². The third-order valence-electron chi connectivity index (χ3n) is 3.52. The molecule has 12 heavy (non-hydrogen) atoms. The van der Waals surface area contributed by atoms with Gasteiger partial charge < -0.3 is 9.84 Å². The summed E-state index contributed by atoms with van der Waals surface area (Å²) in [5, 5.41) is 9.81. The van der Waals surface area contributed by atoms with Gasteiger partial charge in [-0.25, -0.2) is 0 Å².